The van der Waals surface area contributed by atoms with Gasteiger partial charge < -0.3 is 15.4 Å². The number of likely N-dealkylation sites (N-methyl/N-ethyl adjacent to an activating group) is 2. The molecule has 0 radical (unpaired) electrons. The maximum atomic E-state index is 10.9. The van der Waals surface area contributed by atoms with Crippen LogP contribution >= 0.6 is 0 Å². The number of carbonyl (C=O) groups is 2. The Bertz CT molecular complexity index is 175. The smallest absolute Gasteiger partial charge is 0.233 e. The predicted octanol–water partition coefficient (Wildman–Crippen LogP) is -1.62. The van der Waals surface area contributed by atoms with Crippen LogP contribution in [0, 0.1) is 0 Å². The van der Waals surface area contributed by atoms with Crippen molar-refractivity contribution in [2.45, 2.75) is 0 Å². The van der Waals surface area contributed by atoms with Crippen LogP contribution in [0.3, 0.4) is 0 Å². The van der Waals surface area contributed by atoms with E-state index in [-0.39, 0.29) is 12.6 Å². The molecule has 0 aromatic carbocycles. The van der Waals surface area contributed by atoms with E-state index in [0.29, 0.717) is 26.1 Å². The molecule has 82 valence electrons. The number of ether oxygens (including phenoxy) is 1. The standard InChI is InChI=1S/C8H17N3O3/c1-9-8(13)5-11(2)3-4-14-7-10-6-12/h6H,3-5,7H2,1-2H3,(H,9,13)(H,10,12). The molecule has 0 fully saturated rings. The molecule has 0 unspecified atom stereocenters. The minimum atomic E-state index is -0.0292. The first-order valence-electron chi connectivity index (χ1n) is 4.34. The number of nitrogens with one attached hydrogen (secondary N) is 2. The highest BCUT2D eigenvalue weighted by Crippen LogP contribution is 1.82. The second kappa shape index (κ2) is 8.46. The molecule has 6 heteroatoms. The van der Waals surface area contributed by atoms with Crippen LogP contribution in [0.2, 0.25) is 0 Å². The fraction of sp³-hybridized carbons (Fsp3) is 0.750. The SMILES string of the molecule is CNC(=O)CN(C)CCOCNC=O. The van der Waals surface area contributed by atoms with Gasteiger partial charge in [0.2, 0.25) is 12.3 Å². The summed E-state index contributed by atoms with van der Waals surface area (Å²) in [5.41, 5.74) is 0. The Morgan fingerprint density at radius 2 is 2.29 bits per heavy atom. The lowest BCUT2D eigenvalue weighted by atomic mass is 10.5. The molecule has 0 bridgehead atoms. The monoisotopic (exact) mass is 203 g/mol. The molecule has 2 N–H and O–H groups in total. The zero-order valence-corrected chi connectivity index (χ0v) is 8.58. The van der Waals surface area contributed by atoms with Gasteiger partial charge in [-0.1, -0.05) is 0 Å². The molecule has 0 aliphatic carbocycles. The highest BCUT2D eigenvalue weighted by Gasteiger charge is 2.03. The van der Waals surface area contributed by atoms with Crippen molar-refractivity contribution < 1.29 is 14.3 Å². The molecule has 0 rings (SSSR count). The Morgan fingerprint density at radius 3 is 2.86 bits per heavy atom. The van der Waals surface area contributed by atoms with E-state index in [1.807, 2.05) is 11.9 Å². The van der Waals surface area contributed by atoms with Crippen LogP contribution in [0.25, 0.3) is 0 Å². The van der Waals surface area contributed by atoms with E-state index in [9.17, 15) is 9.59 Å². The molecule has 0 spiro atoms. The summed E-state index contributed by atoms with van der Waals surface area (Å²) in [7, 11) is 3.42. The molecule has 0 aliphatic rings. The third-order valence-corrected chi connectivity index (χ3v) is 1.58. The average molecular weight is 203 g/mol. The zero-order valence-electron chi connectivity index (χ0n) is 8.58. The molecule has 0 aliphatic heterocycles. The number of nitrogens with zero attached hydrogens (tertiary/aromatic N) is 1. The Hall–Kier alpha value is -1.14. The molecular formula is C8H17N3O3. The summed E-state index contributed by atoms with van der Waals surface area (Å²) in [5.74, 6) is -0.0292. The minimum Gasteiger partial charge on any atom is -0.360 e. The summed E-state index contributed by atoms with van der Waals surface area (Å²) in [6, 6.07) is 0. The van der Waals surface area contributed by atoms with Gasteiger partial charge in [-0.05, 0) is 7.05 Å². The molecule has 6 nitrogen and oxygen atoms in total. The number of carbonyl (C=O) groups excluding carboxylic acids is 2. The number of hydrogen-bond donors (Lipinski definition) is 2. The summed E-state index contributed by atoms with van der Waals surface area (Å²) in [5, 5.41) is 4.90. The maximum absolute atomic E-state index is 10.9. The summed E-state index contributed by atoms with van der Waals surface area (Å²) in [6.07, 6.45) is 0.578. The van der Waals surface area contributed by atoms with Crippen LogP contribution in [-0.4, -0.2) is 57.7 Å². The van der Waals surface area contributed by atoms with Crippen molar-refractivity contribution in [2.24, 2.45) is 0 Å². The van der Waals surface area contributed by atoms with E-state index in [4.69, 9.17) is 4.74 Å². The van der Waals surface area contributed by atoms with Gasteiger partial charge in [0.25, 0.3) is 0 Å². The fourth-order valence-corrected chi connectivity index (χ4v) is 0.789. The Kier molecular flexibility index (Phi) is 7.77. The van der Waals surface area contributed by atoms with Crippen molar-refractivity contribution >= 4 is 12.3 Å². The van der Waals surface area contributed by atoms with Crippen LogP contribution in [0.5, 0.6) is 0 Å². The molecule has 0 heterocycles. The van der Waals surface area contributed by atoms with Crippen LogP contribution < -0.4 is 10.6 Å². The van der Waals surface area contributed by atoms with E-state index >= 15 is 0 Å². The molecule has 0 saturated heterocycles. The number of rotatable bonds is 8. The molecule has 0 atom stereocenters. The van der Waals surface area contributed by atoms with Crippen LogP contribution in [-0.2, 0) is 14.3 Å². The Morgan fingerprint density at radius 1 is 1.57 bits per heavy atom. The first kappa shape index (κ1) is 12.9. The highest BCUT2D eigenvalue weighted by atomic mass is 16.5. The van der Waals surface area contributed by atoms with Crippen molar-refractivity contribution in [3.8, 4) is 0 Å². The van der Waals surface area contributed by atoms with Gasteiger partial charge in [-0.25, -0.2) is 0 Å². The average Bonchev–Trinajstić information content (AvgIpc) is 2.17. The topological polar surface area (TPSA) is 70.7 Å². The van der Waals surface area contributed by atoms with Gasteiger partial charge in [0, 0.05) is 13.6 Å². The van der Waals surface area contributed by atoms with Crippen LogP contribution in [0.1, 0.15) is 0 Å². The summed E-state index contributed by atoms with van der Waals surface area (Å²) in [6.45, 7) is 1.68. The molecule has 14 heavy (non-hydrogen) atoms. The van der Waals surface area contributed by atoms with Gasteiger partial charge in [0.05, 0.1) is 13.2 Å². The maximum Gasteiger partial charge on any atom is 0.233 e. The molecule has 0 saturated carbocycles. The van der Waals surface area contributed by atoms with Gasteiger partial charge in [-0.2, -0.15) is 0 Å². The van der Waals surface area contributed by atoms with E-state index < -0.39 is 0 Å². The van der Waals surface area contributed by atoms with Gasteiger partial charge in [0.15, 0.2) is 0 Å². The normalized spacial score (nSPS) is 9.93. The Labute approximate surface area is 83.6 Å². The Balaban J connectivity index is 3.30. The third-order valence-electron chi connectivity index (χ3n) is 1.58. The summed E-state index contributed by atoms with van der Waals surface area (Å²) >= 11 is 0. The van der Waals surface area contributed by atoms with Crippen molar-refractivity contribution in [1.29, 1.82) is 0 Å². The van der Waals surface area contributed by atoms with E-state index in [1.54, 1.807) is 7.05 Å². The lowest BCUT2D eigenvalue weighted by Gasteiger charge is -2.14. The van der Waals surface area contributed by atoms with E-state index in [1.165, 1.54) is 0 Å². The number of amides is 2. The van der Waals surface area contributed by atoms with Crippen molar-refractivity contribution in [3.05, 3.63) is 0 Å². The highest BCUT2D eigenvalue weighted by molar-refractivity contribution is 5.77. The lowest BCUT2D eigenvalue weighted by molar-refractivity contribution is -0.121. The first-order chi connectivity index (χ1) is 6.70. The third kappa shape index (κ3) is 7.51. The summed E-state index contributed by atoms with van der Waals surface area (Å²) < 4.78 is 5.04. The van der Waals surface area contributed by atoms with Gasteiger partial charge in [-0.3, -0.25) is 14.5 Å². The summed E-state index contributed by atoms with van der Waals surface area (Å²) in [4.78, 5) is 22.6. The quantitative estimate of drug-likeness (QED) is 0.283. The molecule has 0 aromatic rings. The van der Waals surface area contributed by atoms with Crippen molar-refractivity contribution in [2.75, 3.05) is 40.5 Å². The second-order valence-corrected chi connectivity index (χ2v) is 2.79. The fourth-order valence-electron chi connectivity index (χ4n) is 0.789. The van der Waals surface area contributed by atoms with Crippen molar-refractivity contribution in [3.63, 3.8) is 0 Å². The van der Waals surface area contributed by atoms with Gasteiger partial charge in [-0.15, -0.1) is 0 Å². The van der Waals surface area contributed by atoms with Crippen LogP contribution in [0.15, 0.2) is 0 Å². The lowest BCUT2D eigenvalue weighted by Crippen LogP contribution is -2.35. The van der Waals surface area contributed by atoms with E-state index in [0.717, 1.165) is 0 Å². The second-order valence-electron chi connectivity index (χ2n) is 2.79. The predicted molar refractivity (Wildman–Crippen MR) is 51.6 cm³/mol. The van der Waals surface area contributed by atoms with Crippen molar-refractivity contribution in [1.82, 2.24) is 15.5 Å². The first-order valence-corrected chi connectivity index (χ1v) is 4.34. The zero-order chi connectivity index (χ0) is 10.8. The van der Waals surface area contributed by atoms with Crippen LogP contribution in [0.4, 0.5) is 0 Å². The van der Waals surface area contributed by atoms with Gasteiger partial charge in [0.1, 0.15) is 6.73 Å². The molecule has 2 amide bonds. The van der Waals surface area contributed by atoms with E-state index in [2.05, 4.69) is 10.6 Å². The minimum absolute atomic E-state index is 0.0292. The largest absolute Gasteiger partial charge is 0.360 e. The number of hydrogen-bond acceptors (Lipinski definition) is 4. The molecule has 0 aromatic heterocycles. The van der Waals surface area contributed by atoms with Gasteiger partial charge >= 0.3 is 0 Å². The molecular weight excluding hydrogens is 186 g/mol.